The molecule has 1 saturated heterocycles. The van der Waals surface area contributed by atoms with Gasteiger partial charge >= 0.3 is 0 Å². The molecule has 1 aromatic carbocycles. The quantitative estimate of drug-likeness (QED) is 0.655. The van der Waals surface area contributed by atoms with Crippen LogP contribution < -0.4 is 10.2 Å². The number of carbonyl (C=O) groups excluding carboxylic acids is 3. The summed E-state index contributed by atoms with van der Waals surface area (Å²) in [5, 5.41) is 4.75. The number of hydrogen-bond donors (Lipinski definition) is 1. The second kappa shape index (κ2) is 5.89. The van der Waals surface area contributed by atoms with Gasteiger partial charge in [-0.1, -0.05) is 18.2 Å². The highest BCUT2D eigenvalue weighted by molar-refractivity contribution is 7.12. The van der Waals surface area contributed by atoms with E-state index in [9.17, 15) is 14.4 Å². The van der Waals surface area contributed by atoms with Gasteiger partial charge in [-0.3, -0.25) is 19.3 Å². The lowest BCUT2D eigenvalue weighted by Gasteiger charge is -2.19. The summed E-state index contributed by atoms with van der Waals surface area (Å²) in [6.07, 6.45) is 5.11. The fourth-order valence-electron chi connectivity index (χ4n) is 4.68. The van der Waals surface area contributed by atoms with E-state index in [1.807, 2.05) is 18.4 Å². The first-order valence-electron chi connectivity index (χ1n) is 9.06. The van der Waals surface area contributed by atoms with Crippen LogP contribution in [0, 0.1) is 30.6 Å². The van der Waals surface area contributed by atoms with Gasteiger partial charge in [0.1, 0.15) is 0 Å². The number of allylic oxidation sites excluding steroid dienone is 2. The highest BCUT2D eigenvalue weighted by Crippen LogP contribution is 2.53. The minimum Gasteiger partial charge on any atom is -0.321 e. The van der Waals surface area contributed by atoms with Crippen LogP contribution in [0.1, 0.15) is 21.7 Å². The summed E-state index contributed by atoms with van der Waals surface area (Å²) in [4.78, 5) is 40.1. The maximum Gasteiger partial charge on any atom is 0.265 e. The summed E-state index contributed by atoms with van der Waals surface area (Å²) in [6.45, 7) is 1.87. The van der Waals surface area contributed by atoms with E-state index in [1.165, 1.54) is 16.2 Å². The molecule has 2 bridgehead atoms. The van der Waals surface area contributed by atoms with Crippen molar-refractivity contribution in [2.75, 3.05) is 10.2 Å². The number of imide groups is 1. The summed E-state index contributed by atoms with van der Waals surface area (Å²) in [5.74, 6) is -0.338. The van der Waals surface area contributed by atoms with Gasteiger partial charge < -0.3 is 5.32 Å². The molecule has 2 heterocycles. The van der Waals surface area contributed by atoms with E-state index in [0.717, 1.165) is 12.0 Å². The Bertz CT molecular complexity index is 965. The van der Waals surface area contributed by atoms with Crippen LogP contribution in [0.15, 0.2) is 47.9 Å². The summed E-state index contributed by atoms with van der Waals surface area (Å²) in [7, 11) is 0. The van der Waals surface area contributed by atoms with Gasteiger partial charge in [0.25, 0.3) is 5.91 Å². The molecule has 136 valence electrons. The van der Waals surface area contributed by atoms with Gasteiger partial charge in [0.15, 0.2) is 0 Å². The first kappa shape index (κ1) is 16.4. The zero-order valence-corrected chi connectivity index (χ0v) is 15.5. The summed E-state index contributed by atoms with van der Waals surface area (Å²) in [6, 6.07) is 8.91. The van der Waals surface area contributed by atoms with Gasteiger partial charge in [0, 0.05) is 5.69 Å². The second-order valence-corrected chi connectivity index (χ2v) is 8.39. The van der Waals surface area contributed by atoms with Gasteiger partial charge in [-0.25, -0.2) is 0 Å². The van der Waals surface area contributed by atoms with Gasteiger partial charge in [0.05, 0.1) is 22.4 Å². The lowest BCUT2D eigenvalue weighted by atomic mass is 9.85. The fourth-order valence-corrected chi connectivity index (χ4v) is 5.29. The molecular weight excluding hydrogens is 360 g/mol. The van der Waals surface area contributed by atoms with E-state index in [4.69, 9.17) is 0 Å². The highest BCUT2D eigenvalue weighted by atomic mass is 32.1. The van der Waals surface area contributed by atoms with Gasteiger partial charge in [0.2, 0.25) is 11.8 Å². The van der Waals surface area contributed by atoms with Crippen LogP contribution in [0.25, 0.3) is 0 Å². The fraction of sp³-hybridized carbons (Fsp3) is 0.286. The number of thiophene rings is 1. The molecule has 4 atom stereocenters. The predicted molar refractivity (Wildman–Crippen MR) is 104 cm³/mol. The molecule has 5 nitrogen and oxygen atoms in total. The van der Waals surface area contributed by atoms with Crippen LogP contribution in [0.3, 0.4) is 0 Å². The SMILES string of the molecule is Cc1cc(N2C(=O)[C@@H]3[C@@H](C2=O)[C@H]2C=C[C@H]3C2)ccc1NC(=O)c1cccs1. The van der Waals surface area contributed by atoms with Crippen LogP contribution >= 0.6 is 11.3 Å². The molecule has 1 N–H and O–H groups in total. The number of rotatable bonds is 3. The number of fused-ring (bicyclic) bond motifs is 5. The minimum absolute atomic E-state index is 0.0865. The van der Waals surface area contributed by atoms with Crippen molar-refractivity contribution in [3.63, 3.8) is 0 Å². The molecule has 1 saturated carbocycles. The Kier molecular flexibility index (Phi) is 3.59. The zero-order valence-electron chi connectivity index (χ0n) is 14.7. The number of carbonyl (C=O) groups is 3. The van der Waals surface area contributed by atoms with Crippen LogP contribution in [-0.4, -0.2) is 17.7 Å². The van der Waals surface area contributed by atoms with Crippen molar-refractivity contribution in [1.82, 2.24) is 0 Å². The third kappa shape index (κ3) is 2.40. The number of benzene rings is 1. The molecule has 0 spiro atoms. The van der Waals surface area contributed by atoms with Crippen LogP contribution in [0.4, 0.5) is 11.4 Å². The Morgan fingerprint density at radius 3 is 2.41 bits per heavy atom. The van der Waals surface area contributed by atoms with E-state index in [2.05, 4.69) is 17.5 Å². The third-order valence-electron chi connectivity index (χ3n) is 5.93. The average Bonchev–Trinajstić information content (AvgIpc) is 3.42. The number of nitrogens with one attached hydrogen (secondary N) is 1. The molecular formula is C21H18N2O3S. The van der Waals surface area contributed by atoms with Gasteiger partial charge in [-0.05, 0) is 60.4 Å². The zero-order chi connectivity index (χ0) is 18.7. The Morgan fingerprint density at radius 1 is 1.11 bits per heavy atom. The molecule has 6 heteroatoms. The molecule has 2 aliphatic carbocycles. The molecule has 3 amide bonds. The maximum absolute atomic E-state index is 12.9. The van der Waals surface area contributed by atoms with Crippen LogP contribution in [-0.2, 0) is 9.59 Å². The predicted octanol–water partition coefficient (Wildman–Crippen LogP) is 3.62. The average molecular weight is 378 g/mol. The monoisotopic (exact) mass is 378 g/mol. The standard InChI is InChI=1S/C21H18N2O3S/c1-11-9-14(6-7-15(11)22-19(24)16-3-2-8-27-16)23-20(25)17-12-4-5-13(10-12)18(17)21(23)26/h2-9,12-13,17-18H,10H2,1H3,(H,22,24)/t12-,13-,17-,18-/m0/s1. The number of nitrogens with zero attached hydrogens (tertiary/aromatic N) is 1. The van der Waals surface area contributed by atoms with Crippen molar-refractivity contribution >= 4 is 40.4 Å². The van der Waals surface area contributed by atoms with E-state index in [-0.39, 0.29) is 41.4 Å². The van der Waals surface area contributed by atoms with E-state index >= 15 is 0 Å². The summed E-state index contributed by atoms with van der Waals surface area (Å²) < 4.78 is 0. The largest absolute Gasteiger partial charge is 0.321 e. The first-order valence-corrected chi connectivity index (χ1v) is 9.94. The van der Waals surface area contributed by atoms with E-state index in [1.54, 1.807) is 24.3 Å². The van der Waals surface area contributed by atoms with Crippen molar-refractivity contribution in [3.8, 4) is 0 Å². The van der Waals surface area contributed by atoms with Crippen LogP contribution in [0.2, 0.25) is 0 Å². The molecule has 1 aromatic heterocycles. The number of anilines is 2. The van der Waals surface area contributed by atoms with Crippen molar-refractivity contribution in [3.05, 3.63) is 58.3 Å². The number of hydrogen-bond acceptors (Lipinski definition) is 4. The molecule has 2 aromatic rings. The Morgan fingerprint density at radius 2 is 1.81 bits per heavy atom. The minimum atomic E-state index is -0.203. The Labute approximate surface area is 160 Å². The summed E-state index contributed by atoms with van der Waals surface area (Å²) in [5.41, 5.74) is 2.08. The molecule has 0 radical (unpaired) electrons. The number of amides is 3. The first-order chi connectivity index (χ1) is 13.0. The lowest BCUT2D eigenvalue weighted by Crippen LogP contribution is -2.32. The lowest BCUT2D eigenvalue weighted by molar-refractivity contribution is -0.123. The summed E-state index contributed by atoms with van der Waals surface area (Å²) >= 11 is 1.38. The van der Waals surface area contributed by atoms with Crippen molar-refractivity contribution in [1.29, 1.82) is 0 Å². The van der Waals surface area contributed by atoms with Crippen molar-refractivity contribution in [2.24, 2.45) is 23.7 Å². The van der Waals surface area contributed by atoms with Crippen LogP contribution in [0.5, 0.6) is 0 Å². The topological polar surface area (TPSA) is 66.5 Å². The molecule has 5 rings (SSSR count). The Hall–Kier alpha value is -2.73. The molecule has 1 aliphatic heterocycles. The molecule has 2 fully saturated rings. The highest BCUT2D eigenvalue weighted by Gasteiger charge is 2.59. The molecule has 3 aliphatic rings. The maximum atomic E-state index is 12.9. The van der Waals surface area contributed by atoms with Gasteiger partial charge in [-0.15, -0.1) is 11.3 Å². The molecule has 27 heavy (non-hydrogen) atoms. The van der Waals surface area contributed by atoms with Crippen molar-refractivity contribution < 1.29 is 14.4 Å². The Balaban J connectivity index is 1.40. The third-order valence-corrected chi connectivity index (χ3v) is 6.80. The number of aryl methyl sites for hydroxylation is 1. The van der Waals surface area contributed by atoms with E-state index in [0.29, 0.717) is 16.3 Å². The normalized spacial score (nSPS) is 28.1. The van der Waals surface area contributed by atoms with Gasteiger partial charge in [-0.2, -0.15) is 0 Å². The smallest absolute Gasteiger partial charge is 0.265 e. The van der Waals surface area contributed by atoms with Crippen molar-refractivity contribution in [2.45, 2.75) is 13.3 Å². The van der Waals surface area contributed by atoms with E-state index < -0.39 is 0 Å². The second-order valence-electron chi connectivity index (χ2n) is 7.44. The molecule has 0 unspecified atom stereocenters.